The van der Waals surface area contributed by atoms with Crippen LogP contribution in [0.5, 0.6) is 0 Å². The van der Waals surface area contributed by atoms with E-state index in [-0.39, 0.29) is 12.0 Å². The number of para-hydroxylation sites is 1. The van der Waals surface area contributed by atoms with Crippen molar-refractivity contribution >= 4 is 17.4 Å². The highest BCUT2D eigenvalue weighted by molar-refractivity contribution is 5.94. The Morgan fingerprint density at radius 2 is 1.79 bits per heavy atom. The van der Waals surface area contributed by atoms with Crippen molar-refractivity contribution in [3.05, 3.63) is 90.1 Å². The first kappa shape index (κ1) is 19.2. The predicted molar refractivity (Wildman–Crippen MR) is 114 cm³/mol. The van der Waals surface area contributed by atoms with Gasteiger partial charge in [0.2, 0.25) is 0 Å². The molecule has 1 amide bonds. The minimum Gasteiger partial charge on any atom is -0.376 e. The molecule has 1 saturated heterocycles. The van der Waals surface area contributed by atoms with Crippen LogP contribution in [0.25, 0.3) is 0 Å². The highest BCUT2D eigenvalue weighted by Crippen LogP contribution is 2.25. The van der Waals surface area contributed by atoms with Crippen molar-refractivity contribution in [2.24, 2.45) is 0 Å². The Hall–Kier alpha value is -3.18. The molecule has 1 aromatic heterocycles. The van der Waals surface area contributed by atoms with Gasteiger partial charge in [0, 0.05) is 31.6 Å². The zero-order valence-corrected chi connectivity index (χ0v) is 16.3. The number of aromatic nitrogens is 1. The van der Waals surface area contributed by atoms with Crippen LogP contribution in [-0.4, -0.2) is 30.1 Å². The van der Waals surface area contributed by atoms with Crippen LogP contribution in [0.1, 0.15) is 28.8 Å². The maximum atomic E-state index is 12.4. The summed E-state index contributed by atoms with van der Waals surface area (Å²) in [5.74, 6) is 0.685. The Morgan fingerprint density at radius 3 is 2.45 bits per heavy atom. The van der Waals surface area contributed by atoms with Crippen LogP contribution in [-0.2, 0) is 11.3 Å². The lowest BCUT2D eigenvalue weighted by atomic mass is 10.2. The summed E-state index contributed by atoms with van der Waals surface area (Å²) in [5.41, 5.74) is 2.80. The summed E-state index contributed by atoms with van der Waals surface area (Å²) < 4.78 is 5.56. The molecular weight excluding hydrogens is 362 g/mol. The molecule has 1 unspecified atom stereocenters. The monoisotopic (exact) mass is 387 g/mol. The Bertz CT molecular complexity index is 908. The molecule has 29 heavy (non-hydrogen) atoms. The van der Waals surface area contributed by atoms with Gasteiger partial charge in [0.15, 0.2) is 0 Å². The SMILES string of the molecule is O=C(NCC1CCCO1)c1ccc(N(Cc2ccccc2)c2ccccc2)nc1. The van der Waals surface area contributed by atoms with E-state index in [4.69, 9.17) is 4.74 Å². The maximum absolute atomic E-state index is 12.4. The minimum absolute atomic E-state index is 0.117. The third-order valence-corrected chi connectivity index (χ3v) is 5.05. The average molecular weight is 387 g/mol. The van der Waals surface area contributed by atoms with E-state index >= 15 is 0 Å². The quantitative estimate of drug-likeness (QED) is 0.656. The number of anilines is 2. The Kier molecular flexibility index (Phi) is 6.17. The van der Waals surface area contributed by atoms with Gasteiger partial charge in [-0.3, -0.25) is 4.79 Å². The normalized spacial score (nSPS) is 15.8. The van der Waals surface area contributed by atoms with Gasteiger partial charge >= 0.3 is 0 Å². The second-order valence-electron chi connectivity index (χ2n) is 7.16. The van der Waals surface area contributed by atoms with Gasteiger partial charge in [-0.1, -0.05) is 48.5 Å². The van der Waals surface area contributed by atoms with Crippen LogP contribution in [0.15, 0.2) is 79.0 Å². The van der Waals surface area contributed by atoms with Crippen molar-refractivity contribution in [3.8, 4) is 0 Å². The molecule has 1 aliphatic heterocycles. The van der Waals surface area contributed by atoms with E-state index in [2.05, 4.69) is 39.5 Å². The molecule has 1 aliphatic rings. The fraction of sp³-hybridized carbons (Fsp3) is 0.250. The lowest BCUT2D eigenvalue weighted by molar-refractivity contribution is 0.0857. The van der Waals surface area contributed by atoms with Crippen molar-refractivity contribution < 1.29 is 9.53 Å². The number of carbonyl (C=O) groups is 1. The Balaban J connectivity index is 1.49. The molecule has 5 heteroatoms. The summed E-state index contributed by atoms with van der Waals surface area (Å²) in [6.45, 7) is 2.03. The molecule has 1 fully saturated rings. The van der Waals surface area contributed by atoms with Gasteiger partial charge in [0.25, 0.3) is 5.91 Å². The number of nitrogens with one attached hydrogen (secondary N) is 1. The molecule has 2 heterocycles. The number of amides is 1. The number of pyridine rings is 1. The maximum Gasteiger partial charge on any atom is 0.252 e. The fourth-order valence-corrected chi connectivity index (χ4v) is 3.47. The van der Waals surface area contributed by atoms with E-state index in [1.165, 1.54) is 5.56 Å². The zero-order valence-electron chi connectivity index (χ0n) is 16.3. The topological polar surface area (TPSA) is 54.5 Å². The van der Waals surface area contributed by atoms with Crippen molar-refractivity contribution in [2.45, 2.75) is 25.5 Å². The predicted octanol–water partition coefficient (Wildman–Crippen LogP) is 4.33. The van der Waals surface area contributed by atoms with Crippen molar-refractivity contribution in [1.29, 1.82) is 0 Å². The number of benzene rings is 2. The van der Waals surface area contributed by atoms with Crippen LogP contribution >= 0.6 is 0 Å². The number of hydrogen-bond acceptors (Lipinski definition) is 4. The van der Waals surface area contributed by atoms with E-state index in [0.29, 0.717) is 18.7 Å². The Morgan fingerprint density at radius 1 is 1.03 bits per heavy atom. The number of ether oxygens (including phenoxy) is 1. The summed E-state index contributed by atoms with van der Waals surface area (Å²) in [4.78, 5) is 19.2. The van der Waals surface area contributed by atoms with Gasteiger partial charge < -0.3 is 15.0 Å². The highest BCUT2D eigenvalue weighted by atomic mass is 16.5. The van der Waals surface area contributed by atoms with Crippen molar-refractivity contribution in [1.82, 2.24) is 10.3 Å². The van der Waals surface area contributed by atoms with E-state index < -0.39 is 0 Å². The number of nitrogens with zero attached hydrogens (tertiary/aromatic N) is 2. The van der Waals surface area contributed by atoms with Gasteiger partial charge in [-0.15, -0.1) is 0 Å². The first-order valence-electron chi connectivity index (χ1n) is 10.0. The minimum atomic E-state index is -0.117. The highest BCUT2D eigenvalue weighted by Gasteiger charge is 2.17. The van der Waals surface area contributed by atoms with Crippen molar-refractivity contribution in [2.75, 3.05) is 18.1 Å². The van der Waals surface area contributed by atoms with E-state index in [9.17, 15) is 4.79 Å². The average Bonchev–Trinajstić information content (AvgIpc) is 3.31. The van der Waals surface area contributed by atoms with Crippen LogP contribution < -0.4 is 10.2 Å². The van der Waals surface area contributed by atoms with Gasteiger partial charge in [-0.2, -0.15) is 0 Å². The Labute approximate surface area is 171 Å². The van der Waals surface area contributed by atoms with E-state index in [0.717, 1.165) is 31.0 Å². The van der Waals surface area contributed by atoms with Gasteiger partial charge in [0.1, 0.15) is 5.82 Å². The molecule has 1 atom stereocenters. The second kappa shape index (κ2) is 9.34. The summed E-state index contributed by atoms with van der Waals surface area (Å²) in [6, 6.07) is 24.2. The van der Waals surface area contributed by atoms with Crippen LogP contribution in [0.2, 0.25) is 0 Å². The summed E-state index contributed by atoms with van der Waals surface area (Å²) in [6.07, 6.45) is 3.84. The van der Waals surface area contributed by atoms with Gasteiger partial charge in [-0.25, -0.2) is 4.98 Å². The zero-order chi connectivity index (χ0) is 19.9. The van der Waals surface area contributed by atoms with E-state index in [1.807, 2.05) is 48.5 Å². The third-order valence-electron chi connectivity index (χ3n) is 5.05. The van der Waals surface area contributed by atoms with Gasteiger partial charge in [0.05, 0.1) is 11.7 Å². The number of carbonyl (C=O) groups excluding carboxylic acids is 1. The standard InChI is InChI=1S/C24H25N3O2/c28-24(26-17-22-12-7-15-29-22)20-13-14-23(25-16-20)27(21-10-5-2-6-11-21)18-19-8-3-1-4-9-19/h1-6,8-11,13-14,16,22H,7,12,15,17-18H2,(H,26,28). The number of rotatable bonds is 7. The second-order valence-corrected chi connectivity index (χ2v) is 7.16. The molecule has 5 nitrogen and oxygen atoms in total. The lowest BCUT2D eigenvalue weighted by Gasteiger charge is -2.24. The first-order chi connectivity index (χ1) is 14.3. The fourth-order valence-electron chi connectivity index (χ4n) is 3.47. The number of hydrogen-bond donors (Lipinski definition) is 1. The van der Waals surface area contributed by atoms with E-state index in [1.54, 1.807) is 6.20 Å². The third kappa shape index (κ3) is 5.00. The molecule has 0 bridgehead atoms. The smallest absolute Gasteiger partial charge is 0.252 e. The summed E-state index contributed by atoms with van der Waals surface area (Å²) in [7, 11) is 0. The summed E-state index contributed by atoms with van der Waals surface area (Å²) >= 11 is 0. The molecule has 1 N–H and O–H groups in total. The molecule has 0 saturated carbocycles. The molecule has 2 aromatic carbocycles. The molecule has 3 aromatic rings. The molecule has 0 radical (unpaired) electrons. The van der Waals surface area contributed by atoms with Crippen molar-refractivity contribution in [3.63, 3.8) is 0 Å². The summed E-state index contributed by atoms with van der Waals surface area (Å²) in [5, 5.41) is 2.94. The van der Waals surface area contributed by atoms with Crippen LogP contribution in [0, 0.1) is 0 Å². The van der Waals surface area contributed by atoms with Crippen LogP contribution in [0.4, 0.5) is 11.5 Å². The largest absolute Gasteiger partial charge is 0.376 e. The first-order valence-corrected chi connectivity index (χ1v) is 10.0. The molecule has 4 rings (SSSR count). The lowest BCUT2D eigenvalue weighted by Crippen LogP contribution is -2.31. The molecule has 148 valence electrons. The molecule has 0 aliphatic carbocycles. The van der Waals surface area contributed by atoms with Crippen LogP contribution in [0.3, 0.4) is 0 Å². The molecule has 0 spiro atoms. The molecular formula is C24H25N3O2. The van der Waals surface area contributed by atoms with Gasteiger partial charge in [-0.05, 0) is 42.7 Å².